The molecule has 1 N–H and O–H groups in total. The molecule has 1 heterocycles. The normalized spacial score (nSPS) is 11.1. The topological polar surface area (TPSA) is 68.6 Å². The van der Waals surface area contributed by atoms with Crippen LogP contribution in [0.25, 0.3) is 0 Å². The zero-order valence-electron chi connectivity index (χ0n) is 15.6. The van der Waals surface area contributed by atoms with E-state index in [4.69, 9.17) is 4.74 Å². The van der Waals surface area contributed by atoms with E-state index in [0.29, 0.717) is 12.2 Å². The fraction of sp³-hybridized carbons (Fsp3) is 0.444. The van der Waals surface area contributed by atoms with Gasteiger partial charge in [0.15, 0.2) is 11.5 Å². The number of alkyl halides is 2. The Morgan fingerprint density at radius 3 is 2.67 bits per heavy atom. The molecule has 1 aromatic heterocycles. The van der Waals surface area contributed by atoms with Crippen LogP contribution in [0.1, 0.15) is 24.2 Å². The van der Waals surface area contributed by atoms with Crippen LogP contribution in [-0.2, 0) is 6.54 Å². The molecule has 0 unspecified atom stereocenters. The second kappa shape index (κ2) is 9.86. The predicted molar refractivity (Wildman–Crippen MR) is 97.6 cm³/mol. The van der Waals surface area contributed by atoms with Crippen molar-refractivity contribution >= 4 is 11.6 Å². The Labute approximate surface area is 156 Å². The highest BCUT2D eigenvalue weighted by molar-refractivity contribution is 6.04. The van der Waals surface area contributed by atoms with Crippen LogP contribution in [-0.4, -0.2) is 53.9 Å². The van der Waals surface area contributed by atoms with E-state index in [2.05, 4.69) is 33.9 Å². The fourth-order valence-corrected chi connectivity index (χ4v) is 2.54. The Morgan fingerprint density at radius 1 is 1.30 bits per heavy atom. The molecule has 0 atom stereocenters. The lowest BCUT2D eigenvalue weighted by Crippen LogP contribution is -2.27. The Morgan fingerprint density at radius 2 is 2.04 bits per heavy atom. The first kappa shape index (κ1) is 20.6. The van der Waals surface area contributed by atoms with Crippen molar-refractivity contribution in [3.8, 4) is 11.5 Å². The third-order valence-corrected chi connectivity index (χ3v) is 4.07. The number of carbonyl (C=O) groups is 1. The summed E-state index contributed by atoms with van der Waals surface area (Å²) in [5.41, 5.74) is 0.802. The molecule has 148 valence electrons. The van der Waals surface area contributed by atoms with Gasteiger partial charge in [0.1, 0.15) is 0 Å². The first-order valence-electron chi connectivity index (χ1n) is 8.65. The molecule has 0 spiro atoms. The van der Waals surface area contributed by atoms with Crippen molar-refractivity contribution in [2.24, 2.45) is 0 Å². The van der Waals surface area contributed by atoms with E-state index in [1.54, 1.807) is 17.1 Å². The molecule has 7 nitrogen and oxygen atoms in total. The van der Waals surface area contributed by atoms with Crippen LogP contribution < -0.4 is 14.8 Å². The lowest BCUT2D eigenvalue weighted by Gasteiger charge is -2.17. The van der Waals surface area contributed by atoms with E-state index >= 15 is 0 Å². The number of hydrogen-bond acceptors (Lipinski definition) is 5. The molecule has 0 saturated heterocycles. The van der Waals surface area contributed by atoms with Gasteiger partial charge in [0, 0.05) is 18.3 Å². The van der Waals surface area contributed by atoms with Crippen molar-refractivity contribution in [2.45, 2.75) is 27.0 Å². The van der Waals surface area contributed by atoms with Gasteiger partial charge in [-0.2, -0.15) is 13.9 Å². The number of benzene rings is 1. The number of anilines is 1. The van der Waals surface area contributed by atoms with Crippen molar-refractivity contribution in [1.29, 1.82) is 0 Å². The summed E-state index contributed by atoms with van der Waals surface area (Å²) in [7, 11) is 1.31. The number of nitrogens with zero attached hydrogens (tertiary/aromatic N) is 3. The van der Waals surface area contributed by atoms with E-state index in [1.807, 2.05) is 0 Å². The molecule has 9 heteroatoms. The zero-order chi connectivity index (χ0) is 19.8. The van der Waals surface area contributed by atoms with Gasteiger partial charge in [0.25, 0.3) is 5.91 Å². The van der Waals surface area contributed by atoms with Gasteiger partial charge in [0.2, 0.25) is 0 Å². The number of amides is 1. The monoisotopic (exact) mass is 382 g/mol. The molecule has 27 heavy (non-hydrogen) atoms. The predicted octanol–water partition coefficient (Wildman–Crippen LogP) is 3.09. The van der Waals surface area contributed by atoms with Crippen LogP contribution in [0, 0.1) is 0 Å². The van der Waals surface area contributed by atoms with Crippen molar-refractivity contribution in [3.63, 3.8) is 0 Å². The maximum atomic E-state index is 12.4. The van der Waals surface area contributed by atoms with Crippen LogP contribution in [0.2, 0.25) is 0 Å². The summed E-state index contributed by atoms with van der Waals surface area (Å²) in [6.45, 7) is 4.74. The molecule has 2 rings (SSSR count). The van der Waals surface area contributed by atoms with E-state index in [-0.39, 0.29) is 17.1 Å². The average Bonchev–Trinajstić information content (AvgIpc) is 3.09. The summed E-state index contributed by atoms with van der Waals surface area (Å²) in [6, 6.07) is 4.01. The van der Waals surface area contributed by atoms with Crippen LogP contribution in [0.5, 0.6) is 11.5 Å². The highest BCUT2D eigenvalue weighted by Gasteiger charge is 2.15. The van der Waals surface area contributed by atoms with Gasteiger partial charge in [-0.3, -0.25) is 9.48 Å². The Bertz CT molecular complexity index is 748. The molecule has 0 aliphatic rings. The first-order valence-corrected chi connectivity index (χ1v) is 8.65. The maximum Gasteiger partial charge on any atom is 0.387 e. The van der Waals surface area contributed by atoms with Gasteiger partial charge in [-0.05, 0) is 31.3 Å². The number of halogens is 2. The smallest absolute Gasteiger partial charge is 0.387 e. The van der Waals surface area contributed by atoms with Crippen molar-refractivity contribution in [1.82, 2.24) is 14.7 Å². The van der Waals surface area contributed by atoms with Gasteiger partial charge in [0.05, 0.1) is 25.5 Å². The molecule has 0 radical (unpaired) electrons. The summed E-state index contributed by atoms with van der Waals surface area (Å²) >= 11 is 0. The summed E-state index contributed by atoms with van der Waals surface area (Å²) < 4.78 is 35.9. The highest BCUT2D eigenvalue weighted by Crippen LogP contribution is 2.29. The zero-order valence-corrected chi connectivity index (χ0v) is 15.6. The average molecular weight is 382 g/mol. The molecule has 0 bridgehead atoms. The van der Waals surface area contributed by atoms with Crippen LogP contribution >= 0.6 is 0 Å². The number of nitrogens with one attached hydrogen (secondary N) is 1. The van der Waals surface area contributed by atoms with Crippen molar-refractivity contribution < 1.29 is 23.0 Å². The van der Waals surface area contributed by atoms with E-state index in [0.717, 1.165) is 19.6 Å². The third-order valence-electron chi connectivity index (χ3n) is 4.07. The minimum Gasteiger partial charge on any atom is -0.493 e. The third kappa shape index (κ3) is 5.92. The summed E-state index contributed by atoms with van der Waals surface area (Å²) in [6.07, 6.45) is 3.30. The molecule has 0 fully saturated rings. The Balaban J connectivity index is 2.01. The van der Waals surface area contributed by atoms with E-state index < -0.39 is 12.5 Å². The molecule has 0 aliphatic heterocycles. The first-order chi connectivity index (χ1) is 13.0. The molecule has 1 amide bonds. The van der Waals surface area contributed by atoms with Gasteiger partial charge in [-0.25, -0.2) is 0 Å². The number of methoxy groups -OCH3 is 1. The number of likely N-dealkylation sites (N-methyl/N-ethyl adjacent to an activating group) is 1. The van der Waals surface area contributed by atoms with Crippen LogP contribution in [0.15, 0.2) is 30.6 Å². The van der Waals surface area contributed by atoms with Crippen LogP contribution in [0.3, 0.4) is 0 Å². The number of rotatable bonds is 10. The quantitative estimate of drug-likeness (QED) is 0.684. The lowest BCUT2D eigenvalue weighted by molar-refractivity contribution is -0.0512. The van der Waals surface area contributed by atoms with Crippen molar-refractivity contribution in [3.05, 3.63) is 36.2 Å². The molecule has 0 aliphatic carbocycles. The lowest BCUT2D eigenvalue weighted by atomic mass is 10.2. The minimum absolute atomic E-state index is 0.0536. The van der Waals surface area contributed by atoms with E-state index in [9.17, 15) is 13.6 Å². The highest BCUT2D eigenvalue weighted by atomic mass is 19.3. The largest absolute Gasteiger partial charge is 0.493 e. The summed E-state index contributed by atoms with van der Waals surface area (Å²) in [4.78, 5) is 14.7. The number of carbonyl (C=O) groups excluding carboxylic acids is 1. The maximum absolute atomic E-state index is 12.4. The fourth-order valence-electron chi connectivity index (χ4n) is 2.54. The molecule has 1 aromatic carbocycles. The Hall–Kier alpha value is -2.68. The second-order valence-electron chi connectivity index (χ2n) is 5.72. The molecule has 0 saturated carbocycles. The molecular formula is C18H24F2N4O3. The molecule has 2 aromatic rings. The minimum atomic E-state index is -2.97. The molecular weight excluding hydrogens is 358 g/mol. The van der Waals surface area contributed by atoms with Gasteiger partial charge in [-0.15, -0.1) is 0 Å². The number of hydrogen-bond donors (Lipinski definition) is 1. The van der Waals surface area contributed by atoms with Gasteiger partial charge < -0.3 is 19.7 Å². The van der Waals surface area contributed by atoms with E-state index in [1.165, 1.54) is 25.3 Å². The summed E-state index contributed by atoms with van der Waals surface area (Å²) in [5, 5.41) is 6.96. The van der Waals surface area contributed by atoms with Gasteiger partial charge >= 0.3 is 6.61 Å². The summed E-state index contributed by atoms with van der Waals surface area (Å²) in [5.74, 6) is -0.480. The number of ether oxygens (including phenoxy) is 2. The van der Waals surface area contributed by atoms with Gasteiger partial charge in [-0.1, -0.05) is 13.8 Å². The second-order valence-corrected chi connectivity index (χ2v) is 5.72. The van der Waals surface area contributed by atoms with Crippen molar-refractivity contribution in [2.75, 3.05) is 32.1 Å². The standard InChI is InChI=1S/C18H24F2N4O3/c1-4-23(5-2)8-9-24-12-14(11-21-24)22-17(25)13-6-7-15(27-18(19)20)16(10-13)26-3/h6-7,10-12,18H,4-5,8-9H2,1-3H3,(H,22,25). The van der Waals surface area contributed by atoms with Crippen LogP contribution in [0.4, 0.5) is 14.5 Å². The number of aromatic nitrogens is 2. The SMILES string of the molecule is CCN(CC)CCn1cc(NC(=O)c2ccc(OC(F)F)c(OC)c2)cn1. The Kier molecular flexibility index (Phi) is 7.54.